The minimum Gasteiger partial charge on any atom is -0.338 e. The summed E-state index contributed by atoms with van der Waals surface area (Å²) in [7, 11) is 0. The molecule has 0 saturated carbocycles. The molecule has 2 rings (SSSR count). The lowest BCUT2D eigenvalue weighted by molar-refractivity contribution is -0.117. The smallest absolute Gasteiger partial charge is 0.234 e. The number of nitrogens with zero attached hydrogens (tertiary/aromatic N) is 2. The predicted octanol–water partition coefficient (Wildman–Crippen LogP) is 1.97. The Balaban J connectivity index is 2.12. The van der Waals surface area contributed by atoms with E-state index in [0.29, 0.717) is 18.8 Å². The van der Waals surface area contributed by atoms with E-state index >= 15 is 0 Å². The molecular weight excluding hydrogens is 216 g/mol. The number of hydrogen-bond acceptors (Lipinski definition) is 3. The van der Waals surface area contributed by atoms with Gasteiger partial charge in [-0.1, -0.05) is 18.5 Å². The highest BCUT2D eigenvalue weighted by atomic mass is 35.5. The maximum absolute atomic E-state index is 11.5. The summed E-state index contributed by atoms with van der Waals surface area (Å²) in [6, 6.07) is 1.82. The Kier molecular flexibility index (Phi) is 2.95. The molecular formula is C10H13ClN2O2. The van der Waals surface area contributed by atoms with Crippen molar-refractivity contribution in [2.24, 2.45) is 0 Å². The van der Waals surface area contributed by atoms with Gasteiger partial charge in [0.05, 0.1) is 11.1 Å². The maximum Gasteiger partial charge on any atom is 0.234 e. The summed E-state index contributed by atoms with van der Waals surface area (Å²) in [5.74, 6) is 0.529. The first-order valence-electron chi connectivity index (χ1n) is 5.10. The van der Waals surface area contributed by atoms with Gasteiger partial charge in [0, 0.05) is 19.0 Å². The quantitative estimate of drug-likeness (QED) is 0.744. The molecule has 82 valence electrons. The van der Waals surface area contributed by atoms with Crippen LogP contribution in [0.25, 0.3) is 0 Å². The van der Waals surface area contributed by atoms with Crippen LogP contribution >= 0.6 is 11.6 Å². The van der Waals surface area contributed by atoms with Gasteiger partial charge < -0.3 is 4.52 Å². The summed E-state index contributed by atoms with van der Waals surface area (Å²) < 4.78 is 5.12. The number of aromatic nitrogens is 1. The van der Waals surface area contributed by atoms with Gasteiger partial charge in [0.15, 0.2) is 0 Å². The van der Waals surface area contributed by atoms with Crippen LogP contribution in [0.15, 0.2) is 10.6 Å². The van der Waals surface area contributed by atoms with Crippen LogP contribution in [0.3, 0.4) is 0 Å². The minimum absolute atomic E-state index is 0.00852. The second-order valence-corrected chi connectivity index (χ2v) is 4.33. The number of carbonyl (C=O) groups is 1. The Morgan fingerprint density at radius 3 is 3.13 bits per heavy atom. The van der Waals surface area contributed by atoms with Gasteiger partial charge in [-0.2, -0.15) is 0 Å². The Bertz CT molecular complexity index is 364. The lowest BCUT2D eigenvalue weighted by Gasteiger charge is -2.09. The number of halogens is 1. The van der Waals surface area contributed by atoms with Crippen molar-refractivity contribution < 1.29 is 9.32 Å². The first-order chi connectivity index (χ1) is 7.20. The summed E-state index contributed by atoms with van der Waals surface area (Å²) in [4.78, 5) is 13.1. The Hall–Kier alpha value is -1.03. The molecule has 1 aliphatic rings. The zero-order valence-corrected chi connectivity index (χ0v) is 9.33. The number of hydrogen-bond donors (Lipinski definition) is 0. The average molecular weight is 229 g/mol. The topological polar surface area (TPSA) is 46.3 Å². The molecule has 0 N–H and O–H groups in total. The van der Waals surface area contributed by atoms with E-state index in [-0.39, 0.29) is 11.3 Å². The fourth-order valence-corrected chi connectivity index (χ4v) is 1.95. The van der Waals surface area contributed by atoms with Crippen LogP contribution in [0, 0.1) is 0 Å². The molecule has 1 aromatic heterocycles. The van der Waals surface area contributed by atoms with E-state index in [1.54, 1.807) is 4.90 Å². The first kappa shape index (κ1) is 10.5. The molecule has 0 aromatic carbocycles. The molecule has 1 aliphatic heterocycles. The first-order valence-corrected chi connectivity index (χ1v) is 5.54. The Morgan fingerprint density at radius 1 is 1.73 bits per heavy atom. The van der Waals surface area contributed by atoms with Crippen molar-refractivity contribution >= 4 is 23.4 Å². The van der Waals surface area contributed by atoms with E-state index < -0.39 is 0 Å². The molecule has 0 aliphatic carbocycles. The molecule has 5 heteroatoms. The molecule has 1 unspecified atom stereocenters. The summed E-state index contributed by atoms with van der Waals surface area (Å²) in [6.07, 6.45) is 2.26. The van der Waals surface area contributed by atoms with E-state index in [9.17, 15) is 4.79 Å². The van der Waals surface area contributed by atoms with Crippen molar-refractivity contribution in [3.63, 3.8) is 0 Å². The van der Waals surface area contributed by atoms with Crippen molar-refractivity contribution in [1.29, 1.82) is 0 Å². The fourth-order valence-electron chi connectivity index (χ4n) is 1.68. The van der Waals surface area contributed by atoms with Gasteiger partial charge in [0.25, 0.3) is 0 Å². The standard InChI is InChI=1S/C10H13ClN2O2/c1-2-3-8-5-10(15-12-8)13-6-7(11)4-9(13)14/h5,7H,2-4,6H2,1H3. The molecule has 1 atom stereocenters. The van der Waals surface area contributed by atoms with Crippen LogP contribution in [0.1, 0.15) is 25.5 Å². The Morgan fingerprint density at radius 2 is 2.53 bits per heavy atom. The number of anilines is 1. The lowest BCUT2D eigenvalue weighted by atomic mass is 10.2. The maximum atomic E-state index is 11.5. The SMILES string of the molecule is CCCc1cc(N2CC(Cl)CC2=O)on1. The molecule has 0 spiro atoms. The molecule has 1 fully saturated rings. The van der Waals surface area contributed by atoms with Gasteiger partial charge >= 0.3 is 0 Å². The van der Waals surface area contributed by atoms with Crippen molar-refractivity contribution in [3.8, 4) is 0 Å². The number of amides is 1. The number of rotatable bonds is 3. The van der Waals surface area contributed by atoms with Crippen LogP contribution in [0.5, 0.6) is 0 Å². The summed E-state index contributed by atoms with van der Waals surface area (Å²) in [5, 5.41) is 3.78. The van der Waals surface area contributed by atoms with Crippen molar-refractivity contribution in [2.75, 3.05) is 11.4 Å². The predicted molar refractivity (Wildman–Crippen MR) is 57.1 cm³/mol. The van der Waals surface area contributed by atoms with Gasteiger partial charge in [0.2, 0.25) is 11.8 Å². The van der Waals surface area contributed by atoms with Crippen molar-refractivity contribution in [1.82, 2.24) is 5.16 Å². The summed E-state index contributed by atoms with van der Waals surface area (Å²) in [5.41, 5.74) is 0.887. The summed E-state index contributed by atoms with van der Waals surface area (Å²) >= 11 is 5.90. The third-order valence-corrected chi connectivity index (χ3v) is 2.69. The monoisotopic (exact) mass is 228 g/mol. The van der Waals surface area contributed by atoms with E-state index in [1.807, 2.05) is 6.07 Å². The van der Waals surface area contributed by atoms with Gasteiger partial charge in [-0.25, -0.2) is 0 Å². The molecule has 1 aromatic rings. The van der Waals surface area contributed by atoms with E-state index in [4.69, 9.17) is 16.1 Å². The van der Waals surface area contributed by atoms with Crippen molar-refractivity contribution in [3.05, 3.63) is 11.8 Å². The number of aryl methyl sites for hydroxylation is 1. The largest absolute Gasteiger partial charge is 0.338 e. The van der Waals surface area contributed by atoms with Crippen molar-refractivity contribution in [2.45, 2.75) is 31.6 Å². The molecule has 0 bridgehead atoms. The molecule has 1 amide bonds. The fraction of sp³-hybridized carbons (Fsp3) is 0.600. The third-order valence-electron chi connectivity index (χ3n) is 2.40. The normalized spacial score (nSPS) is 21.3. The highest BCUT2D eigenvalue weighted by Gasteiger charge is 2.31. The molecule has 15 heavy (non-hydrogen) atoms. The van der Waals surface area contributed by atoms with E-state index in [1.165, 1.54) is 0 Å². The zero-order chi connectivity index (χ0) is 10.8. The van der Waals surface area contributed by atoms with Crippen LogP contribution in [0.2, 0.25) is 0 Å². The van der Waals surface area contributed by atoms with Crippen LogP contribution in [-0.4, -0.2) is 23.0 Å². The molecule has 4 nitrogen and oxygen atoms in total. The number of alkyl halides is 1. The van der Waals surface area contributed by atoms with E-state index in [0.717, 1.165) is 18.5 Å². The zero-order valence-electron chi connectivity index (χ0n) is 8.57. The number of carbonyl (C=O) groups excluding carboxylic acids is 1. The molecule has 0 radical (unpaired) electrons. The van der Waals surface area contributed by atoms with Crippen LogP contribution < -0.4 is 4.90 Å². The van der Waals surface area contributed by atoms with Gasteiger partial charge in [-0.3, -0.25) is 9.69 Å². The third kappa shape index (κ3) is 2.15. The van der Waals surface area contributed by atoms with Gasteiger partial charge in [0.1, 0.15) is 0 Å². The lowest BCUT2D eigenvalue weighted by Crippen LogP contribution is -2.23. The minimum atomic E-state index is -0.114. The van der Waals surface area contributed by atoms with Crippen LogP contribution in [-0.2, 0) is 11.2 Å². The Labute approximate surface area is 93.2 Å². The summed E-state index contributed by atoms with van der Waals surface area (Å²) in [6.45, 7) is 2.59. The average Bonchev–Trinajstić information content (AvgIpc) is 2.73. The molecule has 2 heterocycles. The highest BCUT2D eigenvalue weighted by Crippen LogP contribution is 2.25. The second-order valence-electron chi connectivity index (χ2n) is 3.71. The van der Waals surface area contributed by atoms with Crippen LogP contribution in [0.4, 0.5) is 5.88 Å². The second kappa shape index (κ2) is 4.23. The molecule has 1 saturated heterocycles. The van der Waals surface area contributed by atoms with Gasteiger partial charge in [-0.15, -0.1) is 11.6 Å². The van der Waals surface area contributed by atoms with E-state index in [2.05, 4.69) is 12.1 Å². The van der Waals surface area contributed by atoms with Gasteiger partial charge in [-0.05, 0) is 6.42 Å². The highest BCUT2D eigenvalue weighted by molar-refractivity contribution is 6.24.